The molecule has 1 aliphatic carbocycles. The SMILES string of the molecule is COc1cc(-n2c(=S)[nH]c3c(C4CC4)c(OC)c(Cl)cc3c2=O)c(Cl)cc1Cl. The summed E-state index contributed by atoms with van der Waals surface area (Å²) in [4.78, 5) is 16.6. The third-order valence-corrected chi connectivity index (χ3v) is 5.96. The van der Waals surface area contributed by atoms with E-state index in [4.69, 9.17) is 56.5 Å². The zero-order chi connectivity index (χ0) is 20.2. The smallest absolute Gasteiger partial charge is 0.266 e. The highest BCUT2D eigenvalue weighted by atomic mass is 35.5. The van der Waals surface area contributed by atoms with Crippen molar-refractivity contribution in [3.63, 3.8) is 0 Å². The van der Waals surface area contributed by atoms with E-state index in [2.05, 4.69) is 4.98 Å². The highest BCUT2D eigenvalue weighted by Crippen LogP contribution is 2.49. The number of aromatic nitrogens is 2. The molecule has 1 aromatic heterocycles. The molecule has 1 saturated carbocycles. The lowest BCUT2D eigenvalue weighted by Crippen LogP contribution is -2.21. The van der Waals surface area contributed by atoms with Gasteiger partial charge in [0.2, 0.25) is 0 Å². The second-order valence-electron chi connectivity index (χ2n) is 6.51. The summed E-state index contributed by atoms with van der Waals surface area (Å²) in [6.07, 6.45) is 2.02. The summed E-state index contributed by atoms with van der Waals surface area (Å²) in [5, 5.41) is 1.40. The fourth-order valence-electron chi connectivity index (χ4n) is 3.36. The lowest BCUT2D eigenvalue weighted by molar-refractivity contribution is 0.410. The van der Waals surface area contributed by atoms with Gasteiger partial charge in [-0.2, -0.15) is 0 Å². The summed E-state index contributed by atoms with van der Waals surface area (Å²) in [7, 11) is 3.05. The molecule has 28 heavy (non-hydrogen) atoms. The maximum absolute atomic E-state index is 13.4. The lowest BCUT2D eigenvalue weighted by atomic mass is 10.0. The first kappa shape index (κ1) is 19.6. The third-order valence-electron chi connectivity index (χ3n) is 4.79. The average molecular weight is 458 g/mol. The van der Waals surface area contributed by atoms with Crippen molar-refractivity contribution in [2.45, 2.75) is 18.8 Å². The van der Waals surface area contributed by atoms with Crippen LogP contribution in [-0.4, -0.2) is 23.8 Å². The predicted octanol–water partition coefficient (Wildman–Crippen LogP) is 5.90. The van der Waals surface area contributed by atoms with Crippen molar-refractivity contribution < 1.29 is 9.47 Å². The van der Waals surface area contributed by atoms with Crippen LogP contribution in [0.2, 0.25) is 15.1 Å². The summed E-state index contributed by atoms with van der Waals surface area (Å²) >= 11 is 24.4. The van der Waals surface area contributed by atoms with Gasteiger partial charge in [0.1, 0.15) is 11.5 Å². The zero-order valence-electron chi connectivity index (χ0n) is 14.9. The molecule has 0 aliphatic heterocycles. The van der Waals surface area contributed by atoms with Gasteiger partial charge in [0.15, 0.2) is 4.77 Å². The molecule has 1 heterocycles. The Balaban J connectivity index is 2.09. The maximum Gasteiger partial charge on any atom is 0.266 e. The van der Waals surface area contributed by atoms with E-state index >= 15 is 0 Å². The summed E-state index contributed by atoms with van der Waals surface area (Å²) in [5.74, 6) is 1.25. The molecule has 0 radical (unpaired) electrons. The fraction of sp³-hybridized carbons (Fsp3) is 0.263. The summed E-state index contributed by atoms with van der Waals surface area (Å²) in [6.45, 7) is 0. The Morgan fingerprint density at radius 3 is 2.39 bits per heavy atom. The van der Waals surface area contributed by atoms with Crippen molar-refractivity contribution in [1.29, 1.82) is 0 Å². The number of hydrogen-bond donors (Lipinski definition) is 1. The average Bonchev–Trinajstić information content (AvgIpc) is 3.48. The molecule has 9 heteroatoms. The van der Waals surface area contributed by atoms with Crippen molar-refractivity contribution in [3.05, 3.63) is 54.0 Å². The molecule has 0 saturated heterocycles. The van der Waals surface area contributed by atoms with Crippen LogP contribution in [0, 0.1) is 4.77 Å². The second-order valence-corrected chi connectivity index (χ2v) is 8.12. The van der Waals surface area contributed by atoms with Gasteiger partial charge in [-0.1, -0.05) is 34.8 Å². The normalized spacial score (nSPS) is 13.8. The van der Waals surface area contributed by atoms with Crippen LogP contribution < -0.4 is 15.0 Å². The van der Waals surface area contributed by atoms with E-state index in [1.807, 2.05) is 0 Å². The third kappa shape index (κ3) is 3.08. The molecule has 5 nitrogen and oxygen atoms in total. The number of nitrogens with one attached hydrogen (secondary N) is 1. The van der Waals surface area contributed by atoms with E-state index in [0.29, 0.717) is 38.1 Å². The van der Waals surface area contributed by atoms with Crippen molar-refractivity contribution in [2.75, 3.05) is 14.2 Å². The Hall–Kier alpha value is -1.73. The first-order valence-corrected chi connectivity index (χ1v) is 10.0. The quantitative estimate of drug-likeness (QED) is 0.495. The van der Waals surface area contributed by atoms with Crippen molar-refractivity contribution in [2.24, 2.45) is 0 Å². The zero-order valence-corrected chi connectivity index (χ0v) is 18.0. The van der Waals surface area contributed by atoms with Crippen LogP contribution in [0.15, 0.2) is 23.0 Å². The number of fused-ring (bicyclic) bond motifs is 1. The minimum atomic E-state index is -0.337. The van der Waals surface area contributed by atoms with Gasteiger partial charge >= 0.3 is 0 Å². The van der Waals surface area contributed by atoms with Crippen LogP contribution in [0.3, 0.4) is 0 Å². The topological polar surface area (TPSA) is 56.2 Å². The summed E-state index contributed by atoms with van der Waals surface area (Å²) in [5.41, 5.74) is 1.57. The Morgan fingerprint density at radius 2 is 1.79 bits per heavy atom. The van der Waals surface area contributed by atoms with Crippen LogP contribution in [0.4, 0.5) is 0 Å². The number of aromatic amines is 1. The second kappa shape index (κ2) is 7.26. The van der Waals surface area contributed by atoms with Crippen LogP contribution >= 0.6 is 47.0 Å². The Labute approximate surface area is 180 Å². The molecule has 4 rings (SSSR count). The van der Waals surface area contributed by atoms with Crippen LogP contribution in [0.5, 0.6) is 11.5 Å². The first-order chi connectivity index (χ1) is 13.4. The van der Waals surface area contributed by atoms with Gasteiger partial charge in [-0.25, -0.2) is 0 Å². The lowest BCUT2D eigenvalue weighted by Gasteiger charge is -2.16. The van der Waals surface area contributed by atoms with E-state index in [-0.39, 0.29) is 21.3 Å². The maximum atomic E-state index is 13.4. The number of nitrogens with zero attached hydrogens (tertiary/aromatic N) is 1. The molecule has 2 aromatic carbocycles. The van der Waals surface area contributed by atoms with Crippen molar-refractivity contribution >= 4 is 57.9 Å². The van der Waals surface area contributed by atoms with E-state index < -0.39 is 0 Å². The number of methoxy groups -OCH3 is 2. The van der Waals surface area contributed by atoms with Gasteiger partial charge in [0.25, 0.3) is 5.56 Å². The molecule has 1 N–H and O–H groups in total. The number of benzene rings is 2. The van der Waals surface area contributed by atoms with E-state index in [0.717, 1.165) is 18.4 Å². The van der Waals surface area contributed by atoms with Gasteiger partial charge in [0.05, 0.1) is 45.9 Å². The van der Waals surface area contributed by atoms with E-state index in [1.165, 1.54) is 17.7 Å². The molecule has 0 bridgehead atoms. The summed E-state index contributed by atoms with van der Waals surface area (Å²) < 4.78 is 12.3. The molecule has 0 spiro atoms. The molecular formula is C19H15Cl3N2O3S. The van der Waals surface area contributed by atoms with Crippen LogP contribution in [0.25, 0.3) is 16.6 Å². The minimum absolute atomic E-state index is 0.204. The van der Waals surface area contributed by atoms with Gasteiger partial charge < -0.3 is 14.5 Å². The van der Waals surface area contributed by atoms with Crippen molar-refractivity contribution in [3.8, 4) is 17.2 Å². The van der Waals surface area contributed by atoms with Crippen molar-refractivity contribution in [1.82, 2.24) is 9.55 Å². The molecule has 1 aliphatic rings. The Morgan fingerprint density at radius 1 is 1.07 bits per heavy atom. The summed E-state index contributed by atoms with van der Waals surface area (Å²) in [6, 6.07) is 4.68. The minimum Gasteiger partial charge on any atom is -0.495 e. The number of rotatable bonds is 4. The van der Waals surface area contributed by atoms with E-state index in [1.54, 1.807) is 19.2 Å². The molecule has 0 unspecified atom stereocenters. The molecular weight excluding hydrogens is 443 g/mol. The fourth-order valence-corrected chi connectivity index (χ4v) is 4.48. The largest absolute Gasteiger partial charge is 0.495 e. The molecule has 0 atom stereocenters. The first-order valence-electron chi connectivity index (χ1n) is 8.46. The molecule has 0 amide bonds. The Kier molecular flexibility index (Phi) is 5.08. The highest BCUT2D eigenvalue weighted by Gasteiger charge is 2.31. The number of ether oxygens (including phenoxy) is 2. The molecule has 1 fully saturated rings. The highest BCUT2D eigenvalue weighted by molar-refractivity contribution is 7.71. The number of H-pyrrole nitrogens is 1. The molecule has 3 aromatic rings. The Bertz CT molecular complexity index is 1230. The predicted molar refractivity (Wildman–Crippen MR) is 115 cm³/mol. The molecule has 146 valence electrons. The monoisotopic (exact) mass is 456 g/mol. The van der Waals surface area contributed by atoms with Crippen LogP contribution in [0.1, 0.15) is 24.3 Å². The van der Waals surface area contributed by atoms with Gasteiger partial charge in [-0.15, -0.1) is 0 Å². The number of hydrogen-bond acceptors (Lipinski definition) is 4. The van der Waals surface area contributed by atoms with Gasteiger partial charge in [-0.3, -0.25) is 9.36 Å². The van der Waals surface area contributed by atoms with Crippen LogP contribution in [-0.2, 0) is 0 Å². The van der Waals surface area contributed by atoms with E-state index in [9.17, 15) is 4.79 Å². The number of halogens is 3. The van der Waals surface area contributed by atoms with Gasteiger partial charge in [0, 0.05) is 11.6 Å². The standard InChI is InChI=1S/C19H15Cl3N2O3S/c1-26-14-7-13(10(20)6-11(14)21)24-18(25)9-5-12(22)17(27-2)15(8-3-4-8)16(9)23-19(24)28/h5-8H,3-4H2,1-2H3,(H,23,28). The van der Waals surface area contributed by atoms with Gasteiger partial charge in [-0.05, 0) is 43.1 Å².